The largest absolute Gasteiger partial charge is 0.392 e. The first kappa shape index (κ1) is 17.2. The van der Waals surface area contributed by atoms with Crippen LogP contribution in [0.4, 0.5) is 0 Å². The lowest BCUT2D eigenvalue weighted by Crippen LogP contribution is -2.55. The van der Waals surface area contributed by atoms with Crippen LogP contribution in [0.3, 0.4) is 0 Å². The van der Waals surface area contributed by atoms with Gasteiger partial charge < -0.3 is 5.11 Å². The van der Waals surface area contributed by atoms with Gasteiger partial charge in [-0.05, 0) is 73.7 Å². The minimum absolute atomic E-state index is 0.0365. The number of carbonyl (C=O) groups excluding carboxylic acids is 2. The van der Waals surface area contributed by atoms with Gasteiger partial charge >= 0.3 is 0 Å². The average Bonchev–Trinajstić information content (AvgIpc) is 2.79. The normalized spacial score (nSPS) is 49.1. The molecule has 1 unspecified atom stereocenters. The number of carbonyl (C=O) groups is 2. The number of hydrogen-bond donors (Lipinski definition) is 1. The highest BCUT2D eigenvalue weighted by atomic mass is 16.3. The van der Waals surface area contributed by atoms with Gasteiger partial charge in [-0.1, -0.05) is 31.6 Å². The van der Waals surface area contributed by atoms with Crippen molar-refractivity contribution in [1.82, 2.24) is 0 Å². The molecular formula is C22H30O3. The van der Waals surface area contributed by atoms with Gasteiger partial charge in [0.1, 0.15) is 5.78 Å². The minimum Gasteiger partial charge on any atom is -0.392 e. The second kappa shape index (κ2) is 5.39. The third kappa shape index (κ3) is 2.21. The van der Waals surface area contributed by atoms with E-state index in [-0.39, 0.29) is 34.2 Å². The number of hydrogen-bond acceptors (Lipinski definition) is 3. The first-order valence-corrected chi connectivity index (χ1v) is 9.78. The van der Waals surface area contributed by atoms with Crippen molar-refractivity contribution in [3.63, 3.8) is 0 Å². The van der Waals surface area contributed by atoms with Crippen LogP contribution in [0.2, 0.25) is 0 Å². The molecule has 0 bridgehead atoms. The molecule has 7 atom stereocenters. The van der Waals surface area contributed by atoms with Crippen molar-refractivity contribution in [3.05, 3.63) is 23.8 Å². The molecule has 0 aromatic heterocycles. The molecular weight excluding hydrogens is 312 g/mol. The van der Waals surface area contributed by atoms with E-state index >= 15 is 0 Å². The van der Waals surface area contributed by atoms with Crippen LogP contribution in [0.5, 0.6) is 0 Å². The van der Waals surface area contributed by atoms with Gasteiger partial charge in [0.05, 0.1) is 6.10 Å². The van der Waals surface area contributed by atoms with Crippen molar-refractivity contribution in [3.8, 4) is 0 Å². The van der Waals surface area contributed by atoms with Crippen molar-refractivity contribution in [1.29, 1.82) is 0 Å². The number of aliphatic hydroxyl groups excluding tert-OH is 1. The lowest BCUT2D eigenvalue weighted by Gasteiger charge is -2.59. The van der Waals surface area contributed by atoms with Crippen molar-refractivity contribution < 1.29 is 14.7 Å². The maximum absolute atomic E-state index is 12.3. The highest BCUT2D eigenvalue weighted by Crippen LogP contribution is 2.67. The van der Waals surface area contributed by atoms with E-state index in [4.69, 9.17) is 0 Å². The number of ketones is 2. The SMILES string of the molecule is C=C1C[C@H]2[C@@H]3C(O)CC4=CC(=O)CC[C@]4(C)[C@H]3CC[C@]2(C)[C@H]1C(C)=O. The zero-order valence-electron chi connectivity index (χ0n) is 15.7. The number of rotatable bonds is 1. The Hall–Kier alpha value is -1.22. The summed E-state index contributed by atoms with van der Waals surface area (Å²) in [5.74, 6) is 1.35. The smallest absolute Gasteiger partial charge is 0.155 e. The maximum atomic E-state index is 12.3. The van der Waals surface area contributed by atoms with E-state index in [2.05, 4.69) is 20.4 Å². The topological polar surface area (TPSA) is 54.4 Å². The molecule has 1 N–H and O–H groups in total. The van der Waals surface area contributed by atoms with E-state index in [0.29, 0.717) is 24.7 Å². The first-order valence-electron chi connectivity index (χ1n) is 9.78. The molecule has 3 nitrogen and oxygen atoms in total. The molecule has 25 heavy (non-hydrogen) atoms. The summed E-state index contributed by atoms with van der Waals surface area (Å²) in [5, 5.41) is 11.0. The van der Waals surface area contributed by atoms with Crippen molar-refractivity contribution in [2.45, 2.75) is 65.4 Å². The molecule has 0 heterocycles. The van der Waals surface area contributed by atoms with Crippen LogP contribution < -0.4 is 0 Å². The molecule has 3 saturated carbocycles. The summed E-state index contributed by atoms with van der Waals surface area (Å²) in [5.41, 5.74) is 2.21. The summed E-state index contributed by atoms with van der Waals surface area (Å²) in [6.07, 6.45) is 6.50. The number of fused-ring (bicyclic) bond motifs is 5. The molecule has 4 aliphatic rings. The van der Waals surface area contributed by atoms with Crippen molar-refractivity contribution >= 4 is 11.6 Å². The van der Waals surface area contributed by atoms with Crippen molar-refractivity contribution in [2.75, 3.05) is 0 Å². The summed E-state index contributed by atoms with van der Waals surface area (Å²) in [4.78, 5) is 24.2. The molecule has 0 saturated heterocycles. The molecule has 0 radical (unpaired) electrons. The van der Waals surface area contributed by atoms with E-state index in [1.54, 1.807) is 6.92 Å². The molecule has 0 aliphatic heterocycles. The highest BCUT2D eigenvalue weighted by Gasteiger charge is 2.62. The van der Waals surface area contributed by atoms with Gasteiger partial charge in [-0.3, -0.25) is 9.59 Å². The summed E-state index contributed by atoms with van der Waals surface area (Å²) < 4.78 is 0. The van der Waals surface area contributed by atoms with Crippen LogP contribution in [0.15, 0.2) is 23.8 Å². The van der Waals surface area contributed by atoms with Gasteiger partial charge in [-0.15, -0.1) is 0 Å². The van der Waals surface area contributed by atoms with E-state index in [0.717, 1.165) is 31.3 Å². The molecule has 3 heteroatoms. The monoisotopic (exact) mass is 342 g/mol. The Morgan fingerprint density at radius 1 is 1.24 bits per heavy atom. The molecule has 4 rings (SSSR count). The number of allylic oxidation sites excluding steroid dienone is 1. The quantitative estimate of drug-likeness (QED) is 0.736. The van der Waals surface area contributed by atoms with Crippen molar-refractivity contribution in [2.24, 2.45) is 34.5 Å². The first-order chi connectivity index (χ1) is 11.7. The third-order valence-electron chi connectivity index (χ3n) is 8.38. The Kier molecular flexibility index (Phi) is 3.71. The molecule has 0 aromatic rings. The van der Waals surface area contributed by atoms with Crippen LogP contribution >= 0.6 is 0 Å². The zero-order chi connectivity index (χ0) is 18.1. The van der Waals surface area contributed by atoms with Crippen LogP contribution in [-0.2, 0) is 9.59 Å². The second-order valence-electron chi connectivity index (χ2n) is 9.57. The zero-order valence-corrected chi connectivity index (χ0v) is 15.7. The summed E-state index contributed by atoms with van der Waals surface area (Å²) in [7, 11) is 0. The van der Waals surface area contributed by atoms with Crippen LogP contribution in [0, 0.1) is 34.5 Å². The van der Waals surface area contributed by atoms with Gasteiger partial charge in [0.2, 0.25) is 0 Å². The Bertz CT molecular complexity index is 687. The van der Waals surface area contributed by atoms with E-state index < -0.39 is 6.10 Å². The highest BCUT2D eigenvalue weighted by molar-refractivity contribution is 5.91. The Balaban J connectivity index is 1.75. The predicted octanol–water partition coefficient (Wildman–Crippen LogP) is 3.86. The fourth-order valence-electron chi connectivity index (χ4n) is 7.24. The lowest BCUT2D eigenvalue weighted by atomic mass is 9.46. The van der Waals surface area contributed by atoms with Crippen LogP contribution in [-0.4, -0.2) is 22.8 Å². The van der Waals surface area contributed by atoms with Crippen LogP contribution in [0.1, 0.15) is 59.3 Å². The van der Waals surface area contributed by atoms with Crippen LogP contribution in [0.25, 0.3) is 0 Å². The molecule has 4 aliphatic carbocycles. The van der Waals surface area contributed by atoms with Gasteiger partial charge in [-0.25, -0.2) is 0 Å². The fourth-order valence-corrected chi connectivity index (χ4v) is 7.24. The lowest BCUT2D eigenvalue weighted by molar-refractivity contribution is -0.134. The van der Waals surface area contributed by atoms with Gasteiger partial charge in [0, 0.05) is 12.3 Å². The summed E-state index contributed by atoms with van der Waals surface area (Å²) in [6.45, 7) is 10.5. The van der Waals surface area contributed by atoms with Gasteiger partial charge in [0.25, 0.3) is 0 Å². The molecule has 136 valence electrons. The number of Topliss-reactive ketones (excluding diaryl/α,β-unsaturated/α-hetero) is 1. The molecule has 0 aromatic carbocycles. The van der Waals surface area contributed by atoms with E-state index in [9.17, 15) is 14.7 Å². The third-order valence-corrected chi connectivity index (χ3v) is 8.38. The summed E-state index contributed by atoms with van der Waals surface area (Å²) >= 11 is 0. The summed E-state index contributed by atoms with van der Waals surface area (Å²) in [6, 6.07) is 0. The fraction of sp³-hybridized carbons (Fsp3) is 0.727. The molecule has 0 spiro atoms. The average molecular weight is 342 g/mol. The Labute approximate surface area is 150 Å². The van der Waals surface area contributed by atoms with Gasteiger partial charge in [-0.2, -0.15) is 0 Å². The Morgan fingerprint density at radius 3 is 2.64 bits per heavy atom. The minimum atomic E-state index is -0.404. The molecule has 3 fully saturated rings. The van der Waals surface area contributed by atoms with E-state index in [1.165, 1.54) is 5.57 Å². The standard InChI is InChI=1S/C22H30O3/c1-12-9-17-19-16(6-8-22(17,4)20(12)13(2)23)21(3)7-5-15(24)10-14(21)11-18(19)25/h10,16-20,25H,1,5-9,11H2,2-4H3/t16-,17-,18?,19+,20+,21-,22-/m0/s1. The van der Waals surface area contributed by atoms with Gasteiger partial charge in [0.15, 0.2) is 5.78 Å². The Morgan fingerprint density at radius 2 is 1.96 bits per heavy atom. The predicted molar refractivity (Wildman–Crippen MR) is 96.8 cm³/mol. The maximum Gasteiger partial charge on any atom is 0.155 e. The van der Waals surface area contributed by atoms with E-state index in [1.807, 2.05) is 6.08 Å². The number of aliphatic hydroxyl groups is 1. The molecule has 0 amide bonds. The second-order valence-corrected chi connectivity index (χ2v) is 9.57.